The number of halogens is 1. The Morgan fingerprint density at radius 1 is 1.37 bits per heavy atom. The molecule has 1 aliphatic heterocycles. The van der Waals surface area contributed by atoms with E-state index in [9.17, 15) is 14.4 Å². The maximum Gasteiger partial charge on any atom is 0.299 e. The number of Topliss-reactive ketones (excluding diaryl/α,β-unsaturated/α-hetero) is 2. The van der Waals surface area contributed by atoms with Crippen molar-refractivity contribution in [2.75, 3.05) is 11.4 Å². The predicted octanol–water partition coefficient (Wildman–Crippen LogP) is 2.48. The molecule has 1 aliphatic rings. The molecule has 1 aromatic carbocycles. The van der Waals surface area contributed by atoms with Crippen LogP contribution in [0.5, 0.6) is 0 Å². The maximum absolute atomic E-state index is 12.0. The Labute approximate surface area is 116 Å². The first-order chi connectivity index (χ1) is 8.97. The van der Waals surface area contributed by atoms with Gasteiger partial charge < -0.3 is 0 Å². The molecular weight excluding hydrogens is 266 g/mol. The van der Waals surface area contributed by atoms with Crippen LogP contribution < -0.4 is 4.90 Å². The second-order valence-corrected chi connectivity index (χ2v) is 5.04. The second kappa shape index (κ2) is 5.13. The van der Waals surface area contributed by atoms with Crippen molar-refractivity contribution in [1.29, 1.82) is 0 Å². The summed E-state index contributed by atoms with van der Waals surface area (Å²) in [7, 11) is 0. The molecule has 0 spiro atoms. The minimum Gasteiger partial charge on any atom is -0.297 e. The number of carbonyl (C=O) groups excluding carboxylic acids is 3. The zero-order valence-electron chi connectivity index (χ0n) is 10.8. The van der Waals surface area contributed by atoms with Crippen molar-refractivity contribution in [3.8, 4) is 0 Å². The lowest BCUT2D eigenvalue weighted by molar-refractivity contribution is -0.123. The van der Waals surface area contributed by atoms with Crippen molar-refractivity contribution in [3.05, 3.63) is 28.8 Å². The summed E-state index contributed by atoms with van der Waals surface area (Å²) in [5, 5.41) is 0.314. The first kappa shape index (κ1) is 13.7. The fourth-order valence-corrected chi connectivity index (χ4v) is 2.28. The van der Waals surface area contributed by atoms with E-state index in [4.69, 9.17) is 11.6 Å². The standard InChI is InChI=1S/C14H14ClNO3/c1-3-8(2)11(17)7-16-12-9(13(18)14(16)19)5-4-6-10(12)15/h4-6,8H,3,7H2,1-2H3. The van der Waals surface area contributed by atoms with Crippen molar-refractivity contribution in [1.82, 2.24) is 0 Å². The maximum atomic E-state index is 12.0. The Morgan fingerprint density at radius 3 is 2.68 bits per heavy atom. The molecule has 2 rings (SSSR count). The average molecular weight is 280 g/mol. The lowest BCUT2D eigenvalue weighted by Gasteiger charge is -2.18. The lowest BCUT2D eigenvalue weighted by atomic mass is 10.0. The third kappa shape index (κ3) is 2.28. The molecule has 0 N–H and O–H groups in total. The number of amides is 1. The summed E-state index contributed by atoms with van der Waals surface area (Å²) in [5.41, 5.74) is 0.630. The van der Waals surface area contributed by atoms with Gasteiger partial charge in [0.15, 0.2) is 5.78 Å². The van der Waals surface area contributed by atoms with Gasteiger partial charge in [-0.3, -0.25) is 19.3 Å². The third-order valence-electron chi connectivity index (χ3n) is 3.42. The molecule has 4 nitrogen and oxygen atoms in total. The van der Waals surface area contributed by atoms with Crippen LogP contribution in [0.4, 0.5) is 5.69 Å². The molecule has 0 aromatic heterocycles. The van der Waals surface area contributed by atoms with Crippen LogP contribution in [0.2, 0.25) is 5.02 Å². The Balaban J connectivity index is 2.36. The predicted molar refractivity (Wildman–Crippen MR) is 72.6 cm³/mol. The minimum absolute atomic E-state index is 0.0728. The third-order valence-corrected chi connectivity index (χ3v) is 3.72. The number of hydrogen-bond acceptors (Lipinski definition) is 3. The molecule has 0 fully saturated rings. The number of hydrogen-bond donors (Lipinski definition) is 0. The van der Waals surface area contributed by atoms with Gasteiger partial charge in [-0.25, -0.2) is 0 Å². The van der Waals surface area contributed by atoms with Gasteiger partial charge in [0.1, 0.15) is 0 Å². The van der Waals surface area contributed by atoms with E-state index in [2.05, 4.69) is 0 Å². The van der Waals surface area contributed by atoms with Crippen molar-refractivity contribution in [3.63, 3.8) is 0 Å². The highest BCUT2D eigenvalue weighted by atomic mass is 35.5. The van der Waals surface area contributed by atoms with Gasteiger partial charge in [0.05, 0.1) is 22.8 Å². The number of para-hydroxylation sites is 1. The zero-order chi connectivity index (χ0) is 14.2. The van der Waals surface area contributed by atoms with Crippen LogP contribution in [0.15, 0.2) is 18.2 Å². The van der Waals surface area contributed by atoms with Gasteiger partial charge in [-0.2, -0.15) is 0 Å². The molecule has 1 atom stereocenters. The van der Waals surface area contributed by atoms with Crippen LogP contribution in [-0.4, -0.2) is 24.0 Å². The molecule has 1 amide bonds. The molecule has 19 heavy (non-hydrogen) atoms. The molecule has 5 heteroatoms. The van der Waals surface area contributed by atoms with Crippen molar-refractivity contribution < 1.29 is 14.4 Å². The smallest absolute Gasteiger partial charge is 0.297 e. The first-order valence-corrected chi connectivity index (χ1v) is 6.52. The fraction of sp³-hybridized carbons (Fsp3) is 0.357. The first-order valence-electron chi connectivity index (χ1n) is 6.14. The summed E-state index contributed by atoms with van der Waals surface area (Å²) in [6, 6.07) is 4.77. The number of carbonyl (C=O) groups is 3. The number of nitrogens with zero attached hydrogens (tertiary/aromatic N) is 1. The van der Waals surface area contributed by atoms with E-state index in [1.807, 2.05) is 6.92 Å². The summed E-state index contributed by atoms with van der Waals surface area (Å²) in [4.78, 5) is 36.9. The van der Waals surface area contributed by atoms with Gasteiger partial charge in [0.25, 0.3) is 11.7 Å². The van der Waals surface area contributed by atoms with E-state index in [-0.39, 0.29) is 23.8 Å². The van der Waals surface area contributed by atoms with E-state index in [0.29, 0.717) is 17.1 Å². The van der Waals surface area contributed by atoms with Gasteiger partial charge in [-0.1, -0.05) is 31.5 Å². The van der Waals surface area contributed by atoms with Crippen molar-refractivity contribution in [2.24, 2.45) is 5.92 Å². The van der Waals surface area contributed by atoms with E-state index >= 15 is 0 Å². The van der Waals surface area contributed by atoms with Crippen molar-refractivity contribution >= 4 is 34.8 Å². The second-order valence-electron chi connectivity index (χ2n) is 4.63. The van der Waals surface area contributed by atoms with Gasteiger partial charge >= 0.3 is 0 Å². The van der Waals surface area contributed by atoms with Gasteiger partial charge in [-0.05, 0) is 18.6 Å². The normalized spacial score (nSPS) is 15.6. The molecule has 100 valence electrons. The number of anilines is 1. The summed E-state index contributed by atoms with van der Waals surface area (Å²) >= 11 is 6.03. The highest BCUT2D eigenvalue weighted by Gasteiger charge is 2.38. The monoisotopic (exact) mass is 279 g/mol. The molecule has 1 unspecified atom stereocenters. The topological polar surface area (TPSA) is 54.5 Å². The fourth-order valence-electron chi connectivity index (χ4n) is 2.00. The molecule has 1 heterocycles. The SMILES string of the molecule is CCC(C)C(=O)CN1C(=O)C(=O)c2cccc(Cl)c21. The molecule has 0 bridgehead atoms. The van der Waals surface area contributed by atoms with E-state index < -0.39 is 11.7 Å². The van der Waals surface area contributed by atoms with E-state index in [1.54, 1.807) is 25.1 Å². The van der Waals surface area contributed by atoms with Crippen LogP contribution in [0.25, 0.3) is 0 Å². The Hall–Kier alpha value is -1.68. The Morgan fingerprint density at radius 2 is 2.05 bits per heavy atom. The minimum atomic E-state index is -0.681. The summed E-state index contributed by atoms with van der Waals surface area (Å²) in [6.07, 6.45) is 0.699. The number of ketones is 2. The number of benzene rings is 1. The molecule has 0 saturated carbocycles. The lowest BCUT2D eigenvalue weighted by Crippen LogP contribution is -2.36. The molecular formula is C14H14ClNO3. The number of fused-ring (bicyclic) bond motifs is 1. The van der Waals surface area contributed by atoms with Gasteiger partial charge in [0, 0.05) is 5.92 Å². The van der Waals surface area contributed by atoms with E-state index in [1.165, 1.54) is 4.90 Å². The molecule has 1 aromatic rings. The van der Waals surface area contributed by atoms with Gasteiger partial charge in [0.2, 0.25) is 0 Å². The Bertz CT molecular complexity index is 568. The summed E-state index contributed by atoms with van der Waals surface area (Å²) < 4.78 is 0. The highest BCUT2D eigenvalue weighted by Crippen LogP contribution is 2.35. The number of rotatable bonds is 4. The average Bonchev–Trinajstić information content (AvgIpc) is 2.64. The van der Waals surface area contributed by atoms with Crippen LogP contribution in [0.1, 0.15) is 30.6 Å². The van der Waals surface area contributed by atoms with Crippen molar-refractivity contribution in [2.45, 2.75) is 20.3 Å². The van der Waals surface area contributed by atoms with Crippen LogP contribution in [0, 0.1) is 5.92 Å². The van der Waals surface area contributed by atoms with Gasteiger partial charge in [-0.15, -0.1) is 0 Å². The van der Waals surface area contributed by atoms with Crippen LogP contribution in [0.3, 0.4) is 0 Å². The van der Waals surface area contributed by atoms with Crippen LogP contribution >= 0.6 is 11.6 Å². The van der Waals surface area contributed by atoms with Crippen LogP contribution in [-0.2, 0) is 9.59 Å². The quantitative estimate of drug-likeness (QED) is 0.796. The summed E-state index contributed by atoms with van der Waals surface area (Å²) in [5.74, 6) is -1.50. The zero-order valence-corrected chi connectivity index (χ0v) is 11.5. The summed E-state index contributed by atoms with van der Waals surface area (Å²) in [6.45, 7) is 3.61. The molecule has 0 radical (unpaired) electrons. The Kier molecular flexibility index (Phi) is 3.71. The molecule has 0 aliphatic carbocycles. The highest BCUT2D eigenvalue weighted by molar-refractivity contribution is 6.54. The molecule has 0 saturated heterocycles. The van der Waals surface area contributed by atoms with E-state index in [0.717, 1.165) is 0 Å². The largest absolute Gasteiger partial charge is 0.299 e.